The molecule has 5 heteroatoms. The van der Waals surface area contributed by atoms with E-state index in [2.05, 4.69) is 187 Å². The summed E-state index contributed by atoms with van der Waals surface area (Å²) in [4.78, 5) is 3.79. The van der Waals surface area contributed by atoms with E-state index in [0.29, 0.717) is 5.03 Å². The molecular formula is C41H34IrNP2S-. The molecule has 1 nitrogen and oxygen atoms in total. The molecule has 0 aliphatic rings. The van der Waals surface area contributed by atoms with Crippen molar-refractivity contribution in [3.63, 3.8) is 0 Å². The number of pyridine rings is 1. The summed E-state index contributed by atoms with van der Waals surface area (Å²) >= 11 is 4.70. The first-order chi connectivity index (χ1) is 22.3. The van der Waals surface area contributed by atoms with E-state index in [9.17, 15) is 0 Å². The molecule has 0 amide bonds. The SMILES string of the molecule is [Ir].[S-]c1ccccn1.c1ccc(P(c2ccccc2)c2ccccc2)cc1.c1ccc(P(c2ccccc2)c2ccccc2)cc1. The van der Waals surface area contributed by atoms with Crippen LogP contribution in [0.2, 0.25) is 0 Å². The van der Waals surface area contributed by atoms with Gasteiger partial charge in [-0.3, -0.25) is 4.98 Å². The van der Waals surface area contributed by atoms with E-state index in [1.807, 2.05) is 12.1 Å². The zero-order valence-corrected chi connectivity index (χ0v) is 30.2. The summed E-state index contributed by atoms with van der Waals surface area (Å²) in [6.45, 7) is 0. The Balaban J connectivity index is 0.000000170. The maximum Gasteiger partial charge on any atom is 0.0249 e. The van der Waals surface area contributed by atoms with Gasteiger partial charge in [-0.25, -0.2) is 0 Å². The van der Waals surface area contributed by atoms with Crippen molar-refractivity contribution in [3.8, 4) is 0 Å². The van der Waals surface area contributed by atoms with Crippen LogP contribution < -0.4 is 31.8 Å². The van der Waals surface area contributed by atoms with E-state index in [4.69, 9.17) is 12.6 Å². The second-order valence-electron chi connectivity index (χ2n) is 9.85. The maximum atomic E-state index is 4.70. The molecule has 46 heavy (non-hydrogen) atoms. The fourth-order valence-electron chi connectivity index (χ4n) is 4.70. The van der Waals surface area contributed by atoms with Gasteiger partial charge < -0.3 is 12.6 Å². The number of hydrogen-bond donors (Lipinski definition) is 0. The van der Waals surface area contributed by atoms with Crippen molar-refractivity contribution in [2.45, 2.75) is 5.03 Å². The molecule has 0 saturated carbocycles. The summed E-state index contributed by atoms with van der Waals surface area (Å²) in [5.74, 6) is 0. The first-order valence-electron chi connectivity index (χ1n) is 14.8. The zero-order chi connectivity index (χ0) is 30.9. The van der Waals surface area contributed by atoms with Gasteiger partial charge >= 0.3 is 0 Å². The molecule has 0 spiro atoms. The fourth-order valence-corrected chi connectivity index (χ4v) is 9.45. The number of aromatic nitrogens is 1. The maximum absolute atomic E-state index is 4.70. The largest absolute Gasteiger partial charge is 0.760 e. The standard InChI is InChI=1S/2C18H15P.C5H5NS.Ir/c2*1-4-10-16(11-5-1)19(17-12-6-2-7-13-17)18-14-8-3-9-15-18;7-5-3-1-2-4-6-5;/h2*1-15H;1-4H,(H,6,7);/p-1. The third kappa shape index (κ3) is 10.6. The summed E-state index contributed by atoms with van der Waals surface area (Å²) in [5, 5.41) is 9.04. The third-order valence-electron chi connectivity index (χ3n) is 6.72. The molecule has 0 bridgehead atoms. The molecule has 1 radical (unpaired) electrons. The van der Waals surface area contributed by atoms with Gasteiger partial charge in [0, 0.05) is 26.3 Å². The van der Waals surface area contributed by atoms with Crippen LogP contribution in [0, 0.1) is 0 Å². The average Bonchev–Trinajstić information content (AvgIpc) is 3.12. The normalized spacial score (nSPS) is 10.0. The molecule has 0 unspecified atom stereocenters. The number of hydrogen-bond acceptors (Lipinski definition) is 2. The van der Waals surface area contributed by atoms with E-state index >= 15 is 0 Å². The molecule has 0 aliphatic heterocycles. The van der Waals surface area contributed by atoms with Crippen LogP contribution in [0.5, 0.6) is 0 Å². The summed E-state index contributed by atoms with van der Waals surface area (Å²) in [7, 11) is -0.892. The molecule has 0 atom stereocenters. The summed E-state index contributed by atoms with van der Waals surface area (Å²) in [5.41, 5.74) is 0. The Morgan fingerprint density at radius 2 is 0.522 bits per heavy atom. The average molecular weight is 827 g/mol. The van der Waals surface area contributed by atoms with Crippen molar-refractivity contribution in [2.75, 3.05) is 0 Å². The van der Waals surface area contributed by atoms with Crippen LogP contribution in [-0.4, -0.2) is 4.98 Å². The van der Waals surface area contributed by atoms with Gasteiger partial charge in [-0.2, -0.15) is 0 Å². The van der Waals surface area contributed by atoms with E-state index in [1.54, 1.807) is 12.3 Å². The van der Waals surface area contributed by atoms with Crippen LogP contribution in [0.1, 0.15) is 0 Å². The van der Waals surface area contributed by atoms with Gasteiger partial charge in [0.2, 0.25) is 0 Å². The van der Waals surface area contributed by atoms with Gasteiger partial charge in [0.05, 0.1) is 0 Å². The summed E-state index contributed by atoms with van der Waals surface area (Å²) in [6.07, 6.45) is 1.68. The summed E-state index contributed by atoms with van der Waals surface area (Å²) in [6, 6.07) is 70.2. The van der Waals surface area contributed by atoms with Crippen molar-refractivity contribution in [1.82, 2.24) is 4.98 Å². The van der Waals surface area contributed by atoms with Gasteiger partial charge in [-0.05, 0) is 53.7 Å². The van der Waals surface area contributed by atoms with E-state index < -0.39 is 15.8 Å². The van der Waals surface area contributed by atoms with Gasteiger partial charge in [-0.15, -0.1) is 0 Å². The predicted molar refractivity (Wildman–Crippen MR) is 200 cm³/mol. The minimum absolute atomic E-state index is 0. The summed E-state index contributed by atoms with van der Waals surface area (Å²) < 4.78 is 0. The molecule has 6 aromatic carbocycles. The molecule has 1 aromatic heterocycles. The van der Waals surface area contributed by atoms with E-state index in [0.717, 1.165) is 0 Å². The Labute approximate surface area is 295 Å². The molecule has 0 N–H and O–H groups in total. The van der Waals surface area contributed by atoms with Crippen LogP contribution in [0.4, 0.5) is 0 Å². The monoisotopic (exact) mass is 827 g/mol. The van der Waals surface area contributed by atoms with Crippen molar-refractivity contribution in [3.05, 3.63) is 206 Å². The fraction of sp³-hybridized carbons (Fsp3) is 0. The van der Waals surface area contributed by atoms with Crippen LogP contribution in [0.25, 0.3) is 0 Å². The van der Waals surface area contributed by atoms with Crippen molar-refractivity contribution in [2.24, 2.45) is 0 Å². The van der Waals surface area contributed by atoms with Gasteiger partial charge in [0.1, 0.15) is 0 Å². The second-order valence-corrected chi connectivity index (χ2v) is 14.7. The Bertz CT molecular complexity index is 1470. The van der Waals surface area contributed by atoms with Gasteiger partial charge in [0.15, 0.2) is 0 Å². The van der Waals surface area contributed by atoms with Crippen LogP contribution in [-0.2, 0) is 32.7 Å². The van der Waals surface area contributed by atoms with E-state index in [1.165, 1.54) is 31.8 Å². The first kappa shape index (κ1) is 35.1. The van der Waals surface area contributed by atoms with Crippen molar-refractivity contribution in [1.29, 1.82) is 0 Å². The van der Waals surface area contributed by atoms with Crippen LogP contribution in [0.3, 0.4) is 0 Å². The molecule has 0 fully saturated rings. The minimum Gasteiger partial charge on any atom is -0.760 e. The first-order valence-corrected chi connectivity index (χ1v) is 17.9. The molecule has 7 aromatic rings. The smallest absolute Gasteiger partial charge is 0.0249 e. The second kappa shape index (κ2) is 19.7. The molecule has 7 rings (SSSR count). The van der Waals surface area contributed by atoms with Crippen molar-refractivity contribution >= 4 is 60.3 Å². The molecule has 0 aliphatic carbocycles. The number of benzene rings is 6. The Morgan fingerprint density at radius 3 is 0.674 bits per heavy atom. The van der Waals surface area contributed by atoms with Crippen LogP contribution in [0.15, 0.2) is 211 Å². The Kier molecular flexibility index (Phi) is 15.0. The molecular weight excluding hydrogens is 793 g/mol. The molecule has 0 saturated heterocycles. The molecule has 229 valence electrons. The number of nitrogens with zero attached hydrogens (tertiary/aromatic N) is 1. The van der Waals surface area contributed by atoms with E-state index in [-0.39, 0.29) is 20.1 Å². The quantitative estimate of drug-likeness (QED) is 0.125. The van der Waals surface area contributed by atoms with Crippen LogP contribution >= 0.6 is 15.8 Å². The van der Waals surface area contributed by atoms with Crippen molar-refractivity contribution < 1.29 is 20.1 Å². The third-order valence-corrected chi connectivity index (χ3v) is 11.9. The topological polar surface area (TPSA) is 12.9 Å². The Morgan fingerprint density at radius 1 is 0.304 bits per heavy atom. The predicted octanol–water partition coefficient (Wildman–Crippen LogP) is 7.87. The number of rotatable bonds is 6. The Hall–Kier alpha value is -3.80. The molecule has 1 heterocycles. The zero-order valence-electron chi connectivity index (χ0n) is 25.2. The minimum atomic E-state index is -0.446. The van der Waals surface area contributed by atoms with Gasteiger partial charge in [-0.1, -0.05) is 199 Å². The van der Waals surface area contributed by atoms with Gasteiger partial charge in [0.25, 0.3) is 0 Å².